The molecule has 2 rings (SSSR count). The molecular formula is C17H18F5N3OS. The summed E-state index contributed by atoms with van der Waals surface area (Å²) < 4.78 is 68.8. The predicted molar refractivity (Wildman–Crippen MR) is 93.0 cm³/mol. The summed E-state index contributed by atoms with van der Waals surface area (Å²) in [6, 6.07) is 2.28. The molecule has 1 heterocycles. The second-order valence-electron chi connectivity index (χ2n) is 6.02. The van der Waals surface area contributed by atoms with Crippen molar-refractivity contribution in [2.75, 3.05) is 10.7 Å². The zero-order chi connectivity index (χ0) is 20.4. The minimum atomic E-state index is -4.86. The van der Waals surface area contributed by atoms with Gasteiger partial charge in [-0.05, 0) is 18.1 Å². The van der Waals surface area contributed by atoms with Crippen LogP contribution in [0.25, 0.3) is 0 Å². The van der Waals surface area contributed by atoms with Crippen LogP contribution in [0.4, 0.5) is 33.3 Å². The first-order valence-corrected chi connectivity index (χ1v) is 9.05. The Morgan fingerprint density at radius 2 is 2.00 bits per heavy atom. The maximum absolute atomic E-state index is 14.2. The summed E-state index contributed by atoms with van der Waals surface area (Å²) >= 11 is 1.09. The minimum absolute atomic E-state index is 0.0654. The number of halogens is 5. The molecule has 10 heteroatoms. The maximum atomic E-state index is 14.2. The zero-order valence-corrected chi connectivity index (χ0v) is 15.7. The van der Waals surface area contributed by atoms with E-state index < -0.39 is 34.9 Å². The van der Waals surface area contributed by atoms with Crippen molar-refractivity contribution in [3.05, 3.63) is 35.5 Å². The summed E-state index contributed by atoms with van der Waals surface area (Å²) in [5, 5.41) is 3.57. The van der Waals surface area contributed by atoms with E-state index >= 15 is 0 Å². The summed E-state index contributed by atoms with van der Waals surface area (Å²) in [5.74, 6) is -1.37. The van der Waals surface area contributed by atoms with Gasteiger partial charge >= 0.3 is 6.18 Å². The fourth-order valence-corrected chi connectivity index (χ4v) is 3.55. The number of aromatic nitrogens is 2. The molecule has 1 amide bonds. The van der Waals surface area contributed by atoms with Crippen molar-refractivity contribution in [1.29, 1.82) is 0 Å². The monoisotopic (exact) mass is 407 g/mol. The number of anilines is 2. The predicted octanol–water partition coefficient (Wildman–Crippen LogP) is 5.15. The summed E-state index contributed by atoms with van der Waals surface area (Å²) in [6.45, 7) is 3.88. The molecule has 0 spiro atoms. The van der Waals surface area contributed by atoms with Crippen molar-refractivity contribution in [1.82, 2.24) is 9.78 Å². The molecule has 27 heavy (non-hydrogen) atoms. The highest BCUT2D eigenvalue weighted by Gasteiger charge is 2.41. The van der Waals surface area contributed by atoms with Crippen molar-refractivity contribution in [2.45, 2.75) is 31.5 Å². The first-order valence-electron chi connectivity index (χ1n) is 8.06. The van der Waals surface area contributed by atoms with E-state index in [0.29, 0.717) is 16.7 Å². The minimum Gasteiger partial charge on any atom is -0.278 e. The second kappa shape index (κ2) is 8.28. The van der Waals surface area contributed by atoms with Gasteiger partial charge in [-0.1, -0.05) is 20.3 Å². The molecule has 1 aromatic carbocycles. The Morgan fingerprint density at radius 3 is 2.52 bits per heavy atom. The Kier molecular flexibility index (Phi) is 6.50. The molecule has 0 fully saturated rings. The van der Waals surface area contributed by atoms with Gasteiger partial charge in [0.25, 0.3) is 0 Å². The topological polar surface area (TPSA) is 38.1 Å². The fourth-order valence-electron chi connectivity index (χ4n) is 2.31. The van der Waals surface area contributed by atoms with Crippen LogP contribution >= 0.6 is 11.8 Å². The van der Waals surface area contributed by atoms with Crippen LogP contribution in [-0.4, -0.2) is 21.9 Å². The van der Waals surface area contributed by atoms with Gasteiger partial charge in [0.05, 0.1) is 5.69 Å². The van der Waals surface area contributed by atoms with Crippen LogP contribution in [-0.2, 0) is 18.0 Å². The molecule has 0 aliphatic rings. The largest absolute Gasteiger partial charge is 0.437 e. The van der Waals surface area contributed by atoms with E-state index in [0.717, 1.165) is 35.0 Å². The van der Waals surface area contributed by atoms with E-state index in [1.165, 1.54) is 7.05 Å². The number of hydrogen-bond donors (Lipinski definition) is 0. The zero-order valence-electron chi connectivity index (χ0n) is 14.8. The Balaban J connectivity index is 2.64. The van der Waals surface area contributed by atoms with Crippen LogP contribution in [0.15, 0.2) is 23.2 Å². The van der Waals surface area contributed by atoms with Crippen molar-refractivity contribution < 1.29 is 26.7 Å². The van der Waals surface area contributed by atoms with Crippen LogP contribution in [0.2, 0.25) is 0 Å². The van der Waals surface area contributed by atoms with Gasteiger partial charge < -0.3 is 0 Å². The number of rotatable bonds is 7. The summed E-state index contributed by atoms with van der Waals surface area (Å²) in [7, 11) is 1.32. The van der Waals surface area contributed by atoms with Crippen molar-refractivity contribution in [2.24, 2.45) is 13.0 Å². The second-order valence-corrected chi connectivity index (χ2v) is 7.03. The number of alkyl halides is 3. The molecule has 0 N–H and O–H groups in total. The van der Waals surface area contributed by atoms with Gasteiger partial charge in [-0.3, -0.25) is 14.4 Å². The standard InChI is InChI=1S/C17H18F5N3OS/c1-4-10(2)8-27-16-14(15(17(20,21)22)23-24(16)3)25(9-26)13-6-5-11(18)7-12(13)19/h5-7,9-10H,4,8H2,1-3H3. The SMILES string of the molecule is CCC(C)CSc1c(N(C=O)c2ccc(F)cc2F)c(C(F)(F)F)nn1C. The van der Waals surface area contributed by atoms with Crippen LogP contribution < -0.4 is 4.90 Å². The number of hydrogen-bond acceptors (Lipinski definition) is 3. The number of amides is 1. The molecule has 1 aromatic heterocycles. The highest BCUT2D eigenvalue weighted by molar-refractivity contribution is 7.99. The molecule has 2 aromatic rings. The fraction of sp³-hybridized carbons (Fsp3) is 0.412. The third-order valence-electron chi connectivity index (χ3n) is 3.96. The summed E-state index contributed by atoms with van der Waals surface area (Å²) in [6.07, 6.45) is -3.98. The Morgan fingerprint density at radius 1 is 1.33 bits per heavy atom. The number of benzene rings is 1. The van der Waals surface area contributed by atoms with Gasteiger partial charge in [0, 0.05) is 18.9 Å². The highest BCUT2D eigenvalue weighted by Crippen LogP contribution is 2.44. The van der Waals surface area contributed by atoms with Gasteiger partial charge in [-0.25, -0.2) is 8.78 Å². The normalized spacial score (nSPS) is 12.9. The van der Waals surface area contributed by atoms with Gasteiger partial charge in [-0.2, -0.15) is 18.3 Å². The van der Waals surface area contributed by atoms with Crippen molar-refractivity contribution in [3.8, 4) is 0 Å². The van der Waals surface area contributed by atoms with E-state index in [1.807, 2.05) is 13.8 Å². The smallest absolute Gasteiger partial charge is 0.278 e. The molecule has 1 unspecified atom stereocenters. The van der Waals surface area contributed by atoms with Crippen LogP contribution in [0.1, 0.15) is 26.0 Å². The Bertz CT molecular complexity index is 822. The molecule has 4 nitrogen and oxygen atoms in total. The molecule has 0 radical (unpaired) electrons. The third kappa shape index (κ3) is 4.60. The molecule has 0 aliphatic heterocycles. The molecule has 0 bridgehead atoms. The molecule has 0 aliphatic carbocycles. The highest BCUT2D eigenvalue weighted by atomic mass is 32.2. The number of aryl methyl sites for hydroxylation is 1. The number of carbonyl (C=O) groups excluding carboxylic acids is 1. The van der Waals surface area contributed by atoms with Gasteiger partial charge in [0.15, 0.2) is 5.69 Å². The lowest BCUT2D eigenvalue weighted by molar-refractivity contribution is -0.140. The van der Waals surface area contributed by atoms with E-state index in [4.69, 9.17) is 0 Å². The third-order valence-corrected chi connectivity index (χ3v) is 5.42. The van der Waals surface area contributed by atoms with E-state index in [2.05, 4.69) is 5.10 Å². The lowest BCUT2D eigenvalue weighted by Crippen LogP contribution is -2.20. The van der Waals surface area contributed by atoms with Crippen LogP contribution in [0.5, 0.6) is 0 Å². The molecule has 148 valence electrons. The lowest BCUT2D eigenvalue weighted by Gasteiger charge is -2.21. The Hall–Kier alpha value is -2.10. The molecule has 0 saturated heterocycles. The van der Waals surface area contributed by atoms with E-state index in [1.54, 1.807) is 0 Å². The van der Waals surface area contributed by atoms with Crippen molar-refractivity contribution in [3.63, 3.8) is 0 Å². The average molecular weight is 407 g/mol. The molecule has 1 atom stereocenters. The van der Waals surface area contributed by atoms with Crippen LogP contribution in [0, 0.1) is 17.6 Å². The Labute approximate surface area is 157 Å². The number of carbonyl (C=O) groups is 1. The van der Waals surface area contributed by atoms with E-state index in [9.17, 15) is 26.7 Å². The average Bonchev–Trinajstić information content (AvgIpc) is 2.92. The van der Waals surface area contributed by atoms with E-state index in [-0.39, 0.29) is 17.4 Å². The lowest BCUT2D eigenvalue weighted by atomic mass is 10.2. The van der Waals surface area contributed by atoms with Gasteiger partial charge in [0.2, 0.25) is 6.41 Å². The molecule has 0 saturated carbocycles. The number of thioether (sulfide) groups is 1. The van der Waals surface area contributed by atoms with Gasteiger partial charge in [0.1, 0.15) is 22.3 Å². The summed E-state index contributed by atoms with van der Waals surface area (Å²) in [5.41, 5.74) is -2.37. The van der Waals surface area contributed by atoms with Crippen molar-refractivity contribution >= 4 is 29.5 Å². The van der Waals surface area contributed by atoms with Gasteiger partial charge in [-0.15, -0.1) is 11.8 Å². The first-order chi connectivity index (χ1) is 12.6. The quantitative estimate of drug-likeness (QED) is 0.362. The first kappa shape index (κ1) is 21.2. The van der Waals surface area contributed by atoms with Crippen LogP contribution in [0.3, 0.4) is 0 Å². The number of nitrogens with zero attached hydrogens (tertiary/aromatic N) is 3. The summed E-state index contributed by atoms with van der Waals surface area (Å²) in [4.78, 5) is 12.1. The molecular weight excluding hydrogens is 389 g/mol. The maximum Gasteiger partial charge on any atom is 0.437 e.